The van der Waals surface area contributed by atoms with Gasteiger partial charge in [-0.05, 0) is 340 Å². The fourth-order valence-electron chi connectivity index (χ4n) is 21.8. The molecule has 3 aliphatic carbocycles. The van der Waals surface area contributed by atoms with Crippen molar-refractivity contribution in [3.8, 4) is 55.6 Å². The van der Waals surface area contributed by atoms with Gasteiger partial charge in [0.25, 0.3) is 0 Å². The molecule has 0 saturated carbocycles. The second-order valence-electron chi connectivity index (χ2n) is 35.0. The summed E-state index contributed by atoms with van der Waals surface area (Å²) >= 11 is 0. The highest BCUT2D eigenvalue weighted by Crippen LogP contribution is 2.64. The standard InChI is InChI=1S/C127H84F6N4/c1-3-83-29-41-89(42-30-83)125(91-45-49-93(128)50-46-91)115-21-9-5-19-111(115)113-79-77-107(81-121(113)125)134(101-69-53-95(130)54-70-101)99-61-33-85(34-62-99)87-37-65-103(66-38-87)136(105-73-57-97(132)58-74-105)123-27-15-13-25-119(123)127(117-23-11-7-17-109(117)110-18-8-12-24-118(110)127)120-26-14-16-28-124(120)137(106-75-59-98(133)60-76-106)104-67-39-88(40-68-104)86-35-63-100(64-36-86)135(102-71-55-96(131)56-72-102)108-78-80-114-112-20-6-10-22-116(112)126(122(114)82-108,92-47-51-94(129)52-48-92)90-43-31-84(4-2)32-44-90/h3-82H,1-2H2. The van der Waals surface area contributed by atoms with Crippen LogP contribution in [-0.4, -0.2) is 0 Å². The van der Waals surface area contributed by atoms with Gasteiger partial charge in [-0.3, -0.25) is 0 Å². The summed E-state index contributed by atoms with van der Waals surface area (Å²) in [6.07, 6.45) is 3.66. The minimum atomic E-state index is -1.10. The monoisotopic (exact) mass is 1780 g/mol. The molecule has 0 radical (unpaired) electrons. The largest absolute Gasteiger partial charge is 0.310 e. The Morgan fingerprint density at radius 3 is 0.628 bits per heavy atom. The van der Waals surface area contributed by atoms with Gasteiger partial charge in [0.05, 0.1) is 27.6 Å². The first-order valence-corrected chi connectivity index (χ1v) is 45.8. The number of rotatable bonds is 22. The van der Waals surface area contributed by atoms with Crippen LogP contribution >= 0.6 is 0 Å². The summed E-state index contributed by atoms with van der Waals surface area (Å²) in [4.78, 5) is 8.72. The van der Waals surface area contributed by atoms with Crippen molar-refractivity contribution < 1.29 is 26.3 Å². The zero-order chi connectivity index (χ0) is 92.6. The average molecular weight is 1780 g/mol. The summed E-state index contributed by atoms with van der Waals surface area (Å²) in [7, 11) is 0. The molecule has 4 nitrogen and oxygen atoms in total. The van der Waals surface area contributed by atoms with Crippen LogP contribution in [0.4, 0.5) is 94.6 Å². The number of anilines is 12. The molecule has 0 saturated heterocycles. The maximum Gasteiger partial charge on any atom is 0.123 e. The van der Waals surface area contributed by atoms with Gasteiger partial charge in [-0.15, -0.1) is 0 Å². The van der Waals surface area contributed by atoms with Crippen molar-refractivity contribution in [2.24, 2.45) is 0 Å². The molecule has 0 bridgehead atoms. The molecule has 3 aliphatic rings. The van der Waals surface area contributed by atoms with Crippen molar-refractivity contribution in [3.05, 3.63) is 599 Å². The van der Waals surface area contributed by atoms with Gasteiger partial charge in [0.2, 0.25) is 0 Å². The minimum Gasteiger partial charge on any atom is -0.310 e. The number of hydrogen-bond donors (Lipinski definition) is 0. The second kappa shape index (κ2) is 34.4. The lowest BCUT2D eigenvalue weighted by Crippen LogP contribution is -2.32. The second-order valence-corrected chi connectivity index (χ2v) is 35.0. The van der Waals surface area contributed by atoms with E-state index in [1.807, 2.05) is 60.7 Å². The van der Waals surface area contributed by atoms with Gasteiger partial charge in [0, 0.05) is 56.9 Å². The maximum atomic E-state index is 15.7. The Kier molecular flexibility index (Phi) is 21.1. The third-order valence-corrected chi connectivity index (χ3v) is 27.8. The van der Waals surface area contributed by atoms with Crippen LogP contribution in [-0.2, 0) is 16.2 Å². The minimum absolute atomic E-state index is 0.331. The molecule has 0 amide bonds. The van der Waals surface area contributed by atoms with Crippen LogP contribution in [0.15, 0.2) is 486 Å². The first-order valence-electron chi connectivity index (χ1n) is 45.8. The molecule has 20 aromatic carbocycles. The number of hydrogen-bond acceptors (Lipinski definition) is 4. The van der Waals surface area contributed by atoms with Gasteiger partial charge in [-0.1, -0.05) is 292 Å². The molecule has 0 spiro atoms. The molecule has 0 aromatic heterocycles. The first-order chi connectivity index (χ1) is 67.3. The Balaban J connectivity index is 0.612. The van der Waals surface area contributed by atoms with Crippen LogP contribution in [0.3, 0.4) is 0 Å². The van der Waals surface area contributed by atoms with E-state index < -0.39 is 16.2 Å². The van der Waals surface area contributed by atoms with Gasteiger partial charge >= 0.3 is 0 Å². The molecule has 654 valence electrons. The van der Waals surface area contributed by atoms with Crippen molar-refractivity contribution >= 4 is 80.4 Å². The van der Waals surface area contributed by atoms with E-state index in [1.165, 1.54) is 72.8 Å². The summed E-state index contributed by atoms with van der Waals surface area (Å²) in [5, 5.41) is 0. The van der Waals surface area contributed by atoms with E-state index in [9.17, 15) is 0 Å². The first kappa shape index (κ1) is 84.0. The Morgan fingerprint density at radius 2 is 0.365 bits per heavy atom. The fourth-order valence-corrected chi connectivity index (χ4v) is 21.8. The Morgan fingerprint density at radius 1 is 0.168 bits per heavy atom. The quantitative estimate of drug-likeness (QED) is 0.0627. The Hall–Kier alpha value is -17.3. The summed E-state index contributed by atoms with van der Waals surface area (Å²) in [6.45, 7) is 8.11. The van der Waals surface area contributed by atoms with E-state index in [2.05, 4.69) is 360 Å². The normalized spacial score (nSPS) is 14.4. The molecule has 10 heteroatoms. The highest BCUT2D eigenvalue weighted by atomic mass is 19.1. The van der Waals surface area contributed by atoms with E-state index in [0.29, 0.717) is 11.4 Å². The highest BCUT2D eigenvalue weighted by molar-refractivity contribution is 5.97. The summed E-state index contributed by atoms with van der Waals surface area (Å²) in [6, 6.07) is 155. The Bertz CT molecular complexity index is 7530. The van der Waals surface area contributed by atoms with Crippen molar-refractivity contribution in [2.75, 3.05) is 19.6 Å². The number of fused-ring (bicyclic) bond motifs is 9. The fraction of sp³-hybridized carbons (Fsp3) is 0.0236. The van der Waals surface area contributed by atoms with Crippen LogP contribution in [0.25, 0.3) is 67.8 Å². The molecule has 2 unspecified atom stereocenters. The van der Waals surface area contributed by atoms with Crippen LogP contribution in [0.5, 0.6) is 0 Å². The maximum absolute atomic E-state index is 15.7. The van der Waals surface area contributed by atoms with Crippen LogP contribution in [0.2, 0.25) is 0 Å². The number of para-hydroxylation sites is 2. The average Bonchev–Trinajstić information content (AvgIpc) is 1.49. The van der Waals surface area contributed by atoms with Crippen molar-refractivity contribution in [1.29, 1.82) is 0 Å². The van der Waals surface area contributed by atoms with Gasteiger partial charge < -0.3 is 19.6 Å². The van der Waals surface area contributed by atoms with Crippen LogP contribution in [0.1, 0.15) is 77.9 Å². The summed E-state index contributed by atoms with van der Waals surface area (Å²) in [5.74, 6) is -2.15. The molecule has 0 fully saturated rings. The van der Waals surface area contributed by atoms with Gasteiger partial charge in [0.1, 0.15) is 34.9 Å². The van der Waals surface area contributed by atoms with E-state index in [0.717, 1.165) is 190 Å². The van der Waals surface area contributed by atoms with Crippen LogP contribution in [0, 0.1) is 34.9 Å². The lowest BCUT2D eigenvalue weighted by atomic mass is 9.66. The molecule has 0 heterocycles. The van der Waals surface area contributed by atoms with E-state index >= 15 is 26.3 Å². The van der Waals surface area contributed by atoms with Gasteiger partial charge in [-0.2, -0.15) is 0 Å². The molecular weight excluding hydrogens is 1700 g/mol. The number of nitrogens with zero attached hydrogens (tertiary/aromatic N) is 4. The predicted octanol–water partition coefficient (Wildman–Crippen LogP) is 34.1. The topological polar surface area (TPSA) is 13.0 Å². The third kappa shape index (κ3) is 14.1. The van der Waals surface area contributed by atoms with Crippen molar-refractivity contribution in [3.63, 3.8) is 0 Å². The van der Waals surface area contributed by atoms with E-state index in [1.54, 1.807) is 24.3 Å². The third-order valence-electron chi connectivity index (χ3n) is 27.8. The van der Waals surface area contributed by atoms with Gasteiger partial charge in [-0.25, -0.2) is 26.3 Å². The van der Waals surface area contributed by atoms with Crippen LogP contribution < -0.4 is 19.6 Å². The lowest BCUT2D eigenvalue weighted by molar-refractivity contribution is 0.624. The molecule has 2 atom stereocenters. The summed E-state index contributed by atoms with van der Waals surface area (Å²) < 4.78 is 91.9. The predicted molar refractivity (Wildman–Crippen MR) is 548 cm³/mol. The Labute approximate surface area is 792 Å². The zero-order valence-electron chi connectivity index (χ0n) is 74.2. The number of halogens is 6. The lowest BCUT2D eigenvalue weighted by Gasteiger charge is -2.41. The molecule has 0 aliphatic heterocycles. The molecule has 137 heavy (non-hydrogen) atoms. The van der Waals surface area contributed by atoms with Gasteiger partial charge in [0.15, 0.2) is 0 Å². The van der Waals surface area contributed by atoms with E-state index in [-0.39, 0.29) is 34.9 Å². The summed E-state index contributed by atoms with van der Waals surface area (Å²) in [5.41, 5.74) is 30.6. The SMILES string of the molecule is C=Cc1ccc(C2(c3ccc(F)cc3)c3ccccc3-c3ccc(N(c4ccc(F)cc4)c4ccc(-c5ccc(N(c6ccc(F)cc6)c6ccccc6C6(c7ccccc7N(c7ccc(F)cc7)c7ccc(-c8ccc(N(c9ccc(F)cc9)c9ccc%10c(c9)C(c9ccc(F)cc9)(c9ccc(C=C)cc9)c9ccccc9-%10)cc8)cc7)c7ccccc7-c7ccccc76)cc5)cc4)cc32)cc1. The molecule has 0 N–H and O–H groups in total. The number of benzene rings is 20. The molecule has 20 aromatic rings. The van der Waals surface area contributed by atoms with E-state index in [4.69, 9.17) is 0 Å². The van der Waals surface area contributed by atoms with Crippen molar-refractivity contribution in [2.45, 2.75) is 16.2 Å². The zero-order valence-corrected chi connectivity index (χ0v) is 74.2. The van der Waals surface area contributed by atoms with Crippen molar-refractivity contribution in [1.82, 2.24) is 0 Å². The highest BCUT2D eigenvalue weighted by Gasteiger charge is 2.52. The molecular formula is C127H84F6N4. The molecule has 23 rings (SSSR count). The smallest absolute Gasteiger partial charge is 0.123 e.